The third-order valence-electron chi connectivity index (χ3n) is 3.12. The number of carboxylic acid groups (broad SMARTS) is 1. The van der Waals surface area contributed by atoms with E-state index in [0.29, 0.717) is 5.88 Å². The zero-order valence-corrected chi connectivity index (χ0v) is 11.7. The average molecular weight is 294 g/mol. The minimum absolute atomic E-state index is 0.303. The molecule has 1 aromatic heterocycles. The maximum atomic E-state index is 10.7. The number of aliphatic carboxylic acids is 1. The van der Waals surface area contributed by atoms with E-state index in [1.165, 1.54) is 0 Å². The van der Waals surface area contributed by atoms with Gasteiger partial charge < -0.3 is 9.84 Å². The number of hydrogen-bond acceptors (Lipinski definition) is 3. The zero-order chi connectivity index (χ0) is 15.4. The molecule has 0 atom stereocenters. The summed E-state index contributed by atoms with van der Waals surface area (Å²) in [6.45, 7) is -0.425. The molecule has 3 aromatic rings. The Kier molecular flexibility index (Phi) is 3.87. The molecule has 0 aliphatic heterocycles. The Bertz CT molecular complexity index is 767. The standard InChI is InChI=1S/C17H14N2O3/c20-16(21)12-22-17-15(13-7-3-1-4-8-13)11-19(18-17)14-9-5-2-6-10-14/h1-11H,12H2,(H,20,21). The van der Waals surface area contributed by atoms with Crippen molar-refractivity contribution in [3.8, 4) is 22.7 Å². The second-order valence-electron chi connectivity index (χ2n) is 4.68. The van der Waals surface area contributed by atoms with Crippen LogP contribution in [0.5, 0.6) is 5.88 Å². The zero-order valence-electron chi connectivity index (χ0n) is 11.7. The number of para-hydroxylation sites is 1. The average Bonchev–Trinajstić information content (AvgIpc) is 2.99. The van der Waals surface area contributed by atoms with E-state index in [9.17, 15) is 4.79 Å². The van der Waals surface area contributed by atoms with Gasteiger partial charge in [-0.3, -0.25) is 0 Å². The van der Waals surface area contributed by atoms with Gasteiger partial charge >= 0.3 is 5.97 Å². The lowest BCUT2D eigenvalue weighted by Gasteiger charge is -2.02. The molecule has 0 aliphatic rings. The molecule has 1 N–H and O–H groups in total. The molecule has 1 heterocycles. The topological polar surface area (TPSA) is 64.3 Å². The fourth-order valence-corrected chi connectivity index (χ4v) is 2.12. The van der Waals surface area contributed by atoms with Crippen LogP contribution in [0.25, 0.3) is 16.8 Å². The smallest absolute Gasteiger partial charge is 0.341 e. The number of ether oxygens (including phenoxy) is 1. The second-order valence-corrected chi connectivity index (χ2v) is 4.68. The van der Waals surface area contributed by atoms with Gasteiger partial charge in [-0.2, -0.15) is 0 Å². The van der Waals surface area contributed by atoms with Crippen LogP contribution >= 0.6 is 0 Å². The predicted octanol–water partition coefficient (Wildman–Crippen LogP) is 3.00. The summed E-state index contributed by atoms with van der Waals surface area (Å²) in [4.78, 5) is 10.7. The maximum absolute atomic E-state index is 10.7. The van der Waals surface area contributed by atoms with Gasteiger partial charge in [0.1, 0.15) is 0 Å². The molecule has 0 bridgehead atoms. The van der Waals surface area contributed by atoms with Crippen LogP contribution in [-0.2, 0) is 4.79 Å². The first kappa shape index (κ1) is 13.9. The normalized spacial score (nSPS) is 10.4. The van der Waals surface area contributed by atoms with E-state index in [1.54, 1.807) is 4.68 Å². The van der Waals surface area contributed by atoms with Crippen LogP contribution in [0, 0.1) is 0 Å². The molecular weight excluding hydrogens is 280 g/mol. The first-order valence-electron chi connectivity index (χ1n) is 6.79. The Morgan fingerprint density at radius 1 is 1.05 bits per heavy atom. The lowest BCUT2D eigenvalue weighted by atomic mass is 10.1. The number of nitrogens with zero attached hydrogens (tertiary/aromatic N) is 2. The molecule has 22 heavy (non-hydrogen) atoms. The van der Waals surface area contributed by atoms with Gasteiger partial charge in [-0.1, -0.05) is 48.5 Å². The summed E-state index contributed by atoms with van der Waals surface area (Å²) in [5.74, 6) is -0.731. The van der Waals surface area contributed by atoms with Crippen molar-refractivity contribution in [1.29, 1.82) is 0 Å². The summed E-state index contributed by atoms with van der Waals surface area (Å²) >= 11 is 0. The van der Waals surface area contributed by atoms with Crippen molar-refractivity contribution in [3.63, 3.8) is 0 Å². The van der Waals surface area contributed by atoms with E-state index in [0.717, 1.165) is 16.8 Å². The molecule has 0 radical (unpaired) electrons. The van der Waals surface area contributed by atoms with Gasteiger partial charge in [-0.15, -0.1) is 5.10 Å². The fraction of sp³-hybridized carbons (Fsp3) is 0.0588. The molecule has 0 unspecified atom stereocenters. The van der Waals surface area contributed by atoms with Crippen LogP contribution in [0.15, 0.2) is 66.9 Å². The van der Waals surface area contributed by atoms with Crippen molar-refractivity contribution >= 4 is 5.97 Å². The fourth-order valence-electron chi connectivity index (χ4n) is 2.12. The summed E-state index contributed by atoms with van der Waals surface area (Å²) in [6, 6.07) is 19.2. The van der Waals surface area contributed by atoms with Crippen molar-refractivity contribution in [1.82, 2.24) is 9.78 Å². The largest absolute Gasteiger partial charge is 0.479 e. The third-order valence-corrected chi connectivity index (χ3v) is 3.12. The highest BCUT2D eigenvalue weighted by Crippen LogP contribution is 2.29. The Hall–Kier alpha value is -3.08. The number of hydrogen-bond donors (Lipinski definition) is 1. The molecule has 2 aromatic carbocycles. The highest BCUT2D eigenvalue weighted by molar-refractivity contribution is 5.71. The minimum Gasteiger partial charge on any atom is -0.479 e. The van der Waals surface area contributed by atoms with Crippen LogP contribution in [0.1, 0.15) is 0 Å². The summed E-state index contributed by atoms with van der Waals surface area (Å²) in [7, 11) is 0. The van der Waals surface area contributed by atoms with E-state index in [2.05, 4.69) is 5.10 Å². The summed E-state index contributed by atoms with van der Waals surface area (Å²) in [6.07, 6.45) is 1.84. The lowest BCUT2D eigenvalue weighted by molar-refractivity contribution is -0.139. The number of carboxylic acids is 1. The molecule has 110 valence electrons. The van der Waals surface area contributed by atoms with E-state index >= 15 is 0 Å². The molecule has 0 saturated heterocycles. The van der Waals surface area contributed by atoms with Gasteiger partial charge in [-0.25, -0.2) is 9.48 Å². The molecule has 5 nitrogen and oxygen atoms in total. The molecular formula is C17H14N2O3. The van der Waals surface area contributed by atoms with Crippen molar-refractivity contribution in [2.75, 3.05) is 6.61 Å². The molecule has 0 aliphatic carbocycles. The molecule has 3 rings (SSSR count). The van der Waals surface area contributed by atoms with Crippen LogP contribution in [0.4, 0.5) is 0 Å². The summed E-state index contributed by atoms with van der Waals surface area (Å²) < 4.78 is 7.00. The number of aromatic nitrogens is 2. The van der Waals surface area contributed by atoms with E-state index in [1.807, 2.05) is 66.9 Å². The monoisotopic (exact) mass is 294 g/mol. The first-order valence-corrected chi connectivity index (χ1v) is 6.79. The van der Waals surface area contributed by atoms with Gasteiger partial charge in [0.15, 0.2) is 6.61 Å². The Morgan fingerprint density at radius 2 is 1.68 bits per heavy atom. The molecule has 0 amide bonds. The van der Waals surface area contributed by atoms with E-state index in [4.69, 9.17) is 9.84 Å². The van der Waals surface area contributed by atoms with Crippen LogP contribution in [-0.4, -0.2) is 27.5 Å². The quantitative estimate of drug-likeness (QED) is 0.785. The maximum Gasteiger partial charge on any atom is 0.341 e. The first-order chi connectivity index (χ1) is 10.7. The van der Waals surface area contributed by atoms with Crippen LogP contribution < -0.4 is 4.74 Å². The van der Waals surface area contributed by atoms with Gasteiger partial charge in [0.2, 0.25) is 5.88 Å². The van der Waals surface area contributed by atoms with Crippen molar-refractivity contribution < 1.29 is 14.6 Å². The van der Waals surface area contributed by atoms with E-state index in [-0.39, 0.29) is 0 Å². The molecule has 5 heteroatoms. The Morgan fingerprint density at radius 3 is 2.32 bits per heavy atom. The predicted molar refractivity (Wildman–Crippen MR) is 82.1 cm³/mol. The summed E-state index contributed by atoms with van der Waals surface area (Å²) in [5, 5.41) is 13.2. The van der Waals surface area contributed by atoms with Crippen molar-refractivity contribution in [3.05, 3.63) is 66.9 Å². The van der Waals surface area contributed by atoms with Crippen molar-refractivity contribution in [2.24, 2.45) is 0 Å². The number of rotatable bonds is 5. The summed E-state index contributed by atoms with van der Waals surface area (Å²) in [5.41, 5.74) is 2.56. The van der Waals surface area contributed by atoms with Gasteiger partial charge in [0, 0.05) is 6.20 Å². The number of benzene rings is 2. The highest BCUT2D eigenvalue weighted by Gasteiger charge is 2.14. The van der Waals surface area contributed by atoms with E-state index < -0.39 is 12.6 Å². The Labute approximate surface area is 127 Å². The molecule has 0 spiro atoms. The Balaban J connectivity index is 2.03. The SMILES string of the molecule is O=C(O)COc1nn(-c2ccccc2)cc1-c1ccccc1. The lowest BCUT2D eigenvalue weighted by Crippen LogP contribution is -2.10. The third kappa shape index (κ3) is 2.98. The van der Waals surface area contributed by atoms with Crippen LogP contribution in [0.3, 0.4) is 0 Å². The van der Waals surface area contributed by atoms with Gasteiger partial charge in [0.05, 0.1) is 11.3 Å². The molecule has 0 fully saturated rings. The van der Waals surface area contributed by atoms with Crippen LogP contribution in [0.2, 0.25) is 0 Å². The minimum atomic E-state index is -1.03. The van der Waals surface area contributed by atoms with Crippen molar-refractivity contribution in [2.45, 2.75) is 0 Å². The van der Waals surface area contributed by atoms with Gasteiger partial charge in [0.25, 0.3) is 0 Å². The second kappa shape index (κ2) is 6.13. The van der Waals surface area contributed by atoms with Gasteiger partial charge in [-0.05, 0) is 17.7 Å². The molecule has 0 saturated carbocycles. The highest BCUT2D eigenvalue weighted by atomic mass is 16.5. The number of carbonyl (C=O) groups is 1.